The predicted molar refractivity (Wildman–Crippen MR) is 104 cm³/mol. The van der Waals surface area contributed by atoms with E-state index in [-0.39, 0.29) is 23.1 Å². The smallest absolute Gasteiger partial charge is 0.358 e. The van der Waals surface area contributed by atoms with Crippen molar-refractivity contribution >= 4 is 23.4 Å². The van der Waals surface area contributed by atoms with Crippen molar-refractivity contribution < 1.29 is 9.90 Å². The zero-order valence-corrected chi connectivity index (χ0v) is 15.4. The van der Waals surface area contributed by atoms with Crippen molar-refractivity contribution in [1.82, 2.24) is 14.5 Å². The van der Waals surface area contributed by atoms with Crippen LogP contribution in [0.2, 0.25) is 5.02 Å². The maximum atomic E-state index is 12.1. The van der Waals surface area contributed by atoms with Gasteiger partial charge in [-0.25, -0.2) is 14.8 Å². The number of nitrogens with zero attached hydrogens (tertiary/aromatic N) is 3. The molecule has 3 aromatic rings. The van der Waals surface area contributed by atoms with Gasteiger partial charge in [-0.05, 0) is 32.0 Å². The first-order chi connectivity index (χ1) is 12.8. The van der Waals surface area contributed by atoms with E-state index in [1.165, 1.54) is 6.07 Å². The minimum Gasteiger partial charge on any atom is -0.476 e. The van der Waals surface area contributed by atoms with Crippen molar-refractivity contribution in [3.8, 4) is 22.5 Å². The normalized spacial score (nSPS) is 11.0. The molecule has 0 unspecified atom stereocenters. The number of hydrogen-bond acceptors (Lipinski definition) is 5. The molecule has 0 bridgehead atoms. The second-order valence-corrected chi connectivity index (χ2v) is 6.66. The van der Waals surface area contributed by atoms with Gasteiger partial charge in [0.15, 0.2) is 11.5 Å². The van der Waals surface area contributed by atoms with Crippen molar-refractivity contribution in [3.63, 3.8) is 0 Å². The second kappa shape index (κ2) is 7.20. The molecule has 0 atom stereocenters. The Bertz CT molecular complexity index is 1080. The first kappa shape index (κ1) is 18.6. The Kier molecular flexibility index (Phi) is 4.96. The van der Waals surface area contributed by atoms with Gasteiger partial charge in [-0.1, -0.05) is 23.7 Å². The Morgan fingerprint density at radius 1 is 1.07 bits per heavy atom. The topological polar surface area (TPSA) is 111 Å². The molecule has 0 spiro atoms. The van der Waals surface area contributed by atoms with Gasteiger partial charge in [0.05, 0.1) is 11.4 Å². The number of rotatable bonds is 4. The van der Waals surface area contributed by atoms with Gasteiger partial charge in [0.25, 0.3) is 5.56 Å². The summed E-state index contributed by atoms with van der Waals surface area (Å²) >= 11 is 5.95. The van der Waals surface area contributed by atoms with Gasteiger partial charge in [0.1, 0.15) is 0 Å². The second-order valence-electron chi connectivity index (χ2n) is 6.22. The Labute approximate surface area is 160 Å². The SMILES string of the molecule is CC(C)n1cc(-c2nc(C(=O)O)c(N)nc2-c2ccc(Cl)cc2)ccc1=O. The molecule has 0 radical (unpaired) electrons. The predicted octanol–water partition coefficient (Wildman–Crippen LogP) is 3.49. The van der Waals surface area contributed by atoms with E-state index >= 15 is 0 Å². The standard InChI is InChI=1S/C19H17ClN4O3/c1-10(2)24-9-12(5-8-14(24)25)16-15(11-3-6-13(20)7-4-11)23-18(21)17(22-16)19(26)27/h3-10H,1-2H3,(H2,21,23)(H,26,27). The van der Waals surface area contributed by atoms with Crippen LogP contribution in [0.5, 0.6) is 0 Å². The Morgan fingerprint density at radius 2 is 1.67 bits per heavy atom. The molecule has 7 nitrogen and oxygen atoms in total. The van der Waals surface area contributed by atoms with Crippen LogP contribution in [0, 0.1) is 0 Å². The first-order valence-corrected chi connectivity index (χ1v) is 8.55. The number of aromatic nitrogens is 3. The number of aromatic carboxylic acids is 1. The molecule has 0 amide bonds. The van der Waals surface area contributed by atoms with Crippen LogP contribution < -0.4 is 11.3 Å². The lowest BCUT2D eigenvalue weighted by Gasteiger charge is -2.14. The summed E-state index contributed by atoms with van der Waals surface area (Å²) in [7, 11) is 0. The fourth-order valence-electron chi connectivity index (χ4n) is 2.66. The number of nitrogen functional groups attached to an aromatic ring is 1. The lowest BCUT2D eigenvalue weighted by atomic mass is 10.0. The summed E-state index contributed by atoms with van der Waals surface area (Å²) in [5.41, 5.74) is 7.25. The fraction of sp³-hybridized carbons (Fsp3) is 0.158. The lowest BCUT2D eigenvalue weighted by molar-refractivity contribution is 0.0691. The zero-order chi connectivity index (χ0) is 19.7. The summed E-state index contributed by atoms with van der Waals surface area (Å²) in [6.07, 6.45) is 1.64. The third-order valence-corrected chi connectivity index (χ3v) is 4.26. The van der Waals surface area contributed by atoms with E-state index in [0.717, 1.165) is 0 Å². The van der Waals surface area contributed by atoms with E-state index in [1.54, 1.807) is 41.1 Å². The van der Waals surface area contributed by atoms with Gasteiger partial charge in [-0.2, -0.15) is 0 Å². The van der Waals surface area contributed by atoms with Crippen LogP contribution >= 0.6 is 11.6 Å². The molecule has 0 saturated heterocycles. The molecule has 0 aliphatic carbocycles. The van der Waals surface area contributed by atoms with E-state index in [4.69, 9.17) is 17.3 Å². The number of nitrogens with two attached hydrogens (primary N) is 1. The maximum absolute atomic E-state index is 12.1. The highest BCUT2D eigenvalue weighted by molar-refractivity contribution is 6.30. The fourth-order valence-corrected chi connectivity index (χ4v) is 2.79. The van der Waals surface area contributed by atoms with Crippen LogP contribution in [0.4, 0.5) is 5.82 Å². The zero-order valence-electron chi connectivity index (χ0n) is 14.7. The van der Waals surface area contributed by atoms with Crippen molar-refractivity contribution in [3.05, 3.63) is 63.7 Å². The molecule has 0 fully saturated rings. The van der Waals surface area contributed by atoms with Crippen LogP contribution in [0.3, 0.4) is 0 Å². The molecule has 2 aromatic heterocycles. The number of anilines is 1. The van der Waals surface area contributed by atoms with Gasteiger partial charge in [0, 0.05) is 34.5 Å². The molecule has 2 heterocycles. The molecule has 1 aromatic carbocycles. The van der Waals surface area contributed by atoms with Crippen LogP contribution in [0.25, 0.3) is 22.5 Å². The third-order valence-electron chi connectivity index (χ3n) is 4.01. The van der Waals surface area contributed by atoms with Gasteiger partial charge < -0.3 is 15.4 Å². The minimum absolute atomic E-state index is 0.0721. The van der Waals surface area contributed by atoms with Crippen molar-refractivity contribution in [2.45, 2.75) is 19.9 Å². The van der Waals surface area contributed by atoms with Crippen LogP contribution in [-0.2, 0) is 0 Å². The molecule has 27 heavy (non-hydrogen) atoms. The molecule has 0 saturated carbocycles. The largest absolute Gasteiger partial charge is 0.476 e. The number of hydrogen-bond donors (Lipinski definition) is 2. The third kappa shape index (κ3) is 3.68. The van der Waals surface area contributed by atoms with Crippen LogP contribution in [-0.4, -0.2) is 25.6 Å². The van der Waals surface area contributed by atoms with Gasteiger partial charge >= 0.3 is 5.97 Å². The first-order valence-electron chi connectivity index (χ1n) is 8.17. The van der Waals surface area contributed by atoms with Gasteiger partial charge in [0.2, 0.25) is 0 Å². The summed E-state index contributed by atoms with van der Waals surface area (Å²) in [5, 5.41) is 9.92. The molecule has 3 rings (SSSR count). The van der Waals surface area contributed by atoms with Crippen molar-refractivity contribution in [2.24, 2.45) is 0 Å². The summed E-state index contributed by atoms with van der Waals surface area (Å²) in [6.45, 7) is 3.76. The van der Waals surface area contributed by atoms with Gasteiger partial charge in [-0.15, -0.1) is 0 Å². The maximum Gasteiger partial charge on any atom is 0.358 e. The summed E-state index contributed by atoms with van der Waals surface area (Å²) < 4.78 is 1.54. The summed E-state index contributed by atoms with van der Waals surface area (Å²) in [6, 6.07) is 9.81. The summed E-state index contributed by atoms with van der Waals surface area (Å²) in [5.74, 6) is -1.46. The van der Waals surface area contributed by atoms with E-state index in [2.05, 4.69) is 9.97 Å². The Balaban J connectivity index is 2.31. The number of pyridine rings is 1. The van der Waals surface area contributed by atoms with E-state index in [1.807, 2.05) is 13.8 Å². The molecule has 3 N–H and O–H groups in total. The highest BCUT2D eigenvalue weighted by Crippen LogP contribution is 2.31. The number of carboxylic acids is 1. The molecule has 0 aliphatic rings. The number of carbonyl (C=O) groups is 1. The lowest BCUT2D eigenvalue weighted by Crippen LogP contribution is -2.20. The number of halogens is 1. The van der Waals surface area contributed by atoms with Crippen molar-refractivity contribution in [1.29, 1.82) is 0 Å². The number of benzene rings is 1. The van der Waals surface area contributed by atoms with Crippen molar-refractivity contribution in [2.75, 3.05) is 5.73 Å². The highest BCUT2D eigenvalue weighted by atomic mass is 35.5. The number of carboxylic acid groups (broad SMARTS) is 1. The van der Waals surface area contributed by atoms with E-state index in [9.17, 15) is 14.7 Å². The Hall–Kier alpha value is -3.19. The quantitative estimate of drug-likeness (QED) is 0.712. The molecular weight excluding hydrogens is 368 g/mol. The molecular formula is C19H17ClN4O3. The average molecular weight is 385 g/mol. The molecule has 0 aliphatic heterocycles. The van der Waals surface area contributed by atoms with Gasteiger partial charge in [-0.3, -0.25) is 4.79 Å². The van der Waals surface area contributed by atoms with Crippen LogP contribution in [0.1, 0.15) is 30.4 Å². The minimum atomic E-state index is -1.28. The van der Waals surface area contributed by atoms with E-state index < -0.39 is 5.97 Å². The average Bonchev–Trinajstić information content (AvgIpc) is 2.62. The molecule has 8 heteroatoms. The highest BCUT2D eigenvalue weighted by Gasteiger charge is 2.20. The monoisotopic (exact) mass is 384 g/mol. The molecule has 138 valence electrons. The summed E-state index contributed by atoms with van der Waals surface area (Å²) in [4.78, 5) is 32.0. The van der Waals surface area contributed by atoms with E-state index in [0.29, 0.717) is 27.5 Å². The van der Waals surface area contributed by atoms with Crippen LogP contribution in [0.15, 0.2) is 47.4 Å². The Morgan fingerprint density at radius 3 is 2.26 bits per heavy atom.